The third-order valence-electron chi connectivity index (χ3n) is 3.97. The van der Waals surface area contributed by atoms with E-state index in [1.54, 1.807) is 18.2 Å². The maximum absolute atomic E-state index is 9.99. The number of β-amino-alcohol motifs (C(OH)–C–C–N with tert-alkyl or cyclic N) is 1. The predicted molar refractivity (Wildman–Crippen MR) is 105 cm³/mol. The molecule has 144 valence electrons. The van der Waals surface area contributed by atoms with Crippen LogP contribution in [0.5, 0.6) is 5.75 Å². The normalized spacial score (nSPS) is 18.9. The number of hydrogen-bond acceptors (Lipinski definition) is 6. The lowest BCUT2D eigenvalue weighted by Gasteiger charge is -2.28. The highest BCUT2D eigenvalue weighted by atomic mass is 35.5. The standard InChI is InChI=1S/C17H20Cl2N2O4.ClH/c18-13-1-2-16-15(7-13)17(19)12(10-24-16)8-20-25-11-14(22)9-21-3-5-23-6-4-21;/h1-2,7-8,14,22H,3-6,9-11H2;1H/b20-8+;. The van der Waals surface area contributed by atoms with Crippen LogP contribution in [0.4, 0.5) is 0 Å². The number of aliphatic hydroxyl groups excluding tert-OH is 1. The Kier molecular flexibility index (Phi) is 8.47. The summed E-state index contributed by atoms with van der Waals surface area (Å²) < 4.78 is 10.9. The molecule has 0 spiro atoms. The summed E-state index contributed by atoms with van der Waals surface area (Å²) in [6.07, 6.45) is 0.898. The zero-order valence-electron chi connectivity index (χ0n) is 14.1. The van der Waals surface area contributed by atoms with Gasteiger partial charge in [0.25, 0.3) is 0 Å². The minimum absolute atomic E-state index is 0. The molecule has 1 saturated heterocycles. The first-order valence-electron chi connectivity index (χ1n) is 8.08. The van der Waals surface area contributed by atoms with Gasteiger partial charge in [-0.3, -0.25) is 4.90 Å². The van der Waals surface area contributed by atoms with Crippen molar-refractivity contribution in [2.45, 2.75) is 6.10 Å². The Morgan fingerprint density at radius 2 is 2.08 bits per heavy atom. The second kappa shape index (κ2) is 10.3. The van der Waals surface area contributed by atoms with Crippen LogP contribution >= 0.6 is 35.6 Å². The van der Waals surface area contributed by atoms with E-state index in [1.807, 2.05) is 0 Å². The number of morpholine rings is 1. The highest BCUT2D eigenvalue weighted by Gasteiger charge is 2.18. The van der Waals surface area contributed by atoms with Gasteiger partial charge in [-0.1, -0.05) is 28.4 Å². The van der Waals surface area contributed by atoms with Crippen LogP contribution in [0.3, 0.4) is 0 Å². The van der Waals surface area contributed by atoms with Gasteiger partial charge < -0.3 is 19.4 Å². The topological polar surface area (TPSA) is 63.5 Å². The van der Waals surface area contributed by atoms with Crippen LogP contribution in [-0.4, -0.2) is 68.4 Å². The number of halogens is 3. The molecule has 3 rings (SSSR count). The number of aliphatic hydroxyl groups is 1. The van der Waals surface area contributed by atoms with Gasteiger partial charge in [0.1, 0.15) is 25.1 Å². The maximum atomic E-state index is 9.99. The fourth-order valence-electron chi connectivity index (χ4n) is 2.65. The Morgan fingerprint density at radius 1 is 1.31 bits per heavy atom. The Hall–Kier alpha value is -1.02. The van der Waals surface area contributed by atoms with E-state index in [0.29, 0.717) is 47.7 Å². The van der Waals surface area contributed by atoms with E-state index in [-0.39, 0.29) is 19.0 Å². The molecule has 0 aliphatic carbocycles. The van der Waals surface area contributed by atoms with E-state index in [0.717, 1.165) is 18.7 Å². The summed E-state index contributed by atoms with van der Waals surface area (Å²) in [6.45, 7) is 3.99. The first-order chi connectivity index (χ1) is 12.1. The number of fused-ring (bicyclic) bond motifs is 1. The summed E-state index contributed by atoms with van der Waals surface area (Å²) in [5.74, 6) is 0.688. The third kappa shape index (κ3) is 5.74. The van der Waals surface area contributed by atoms with Crippen molar-refractivity contribution < 1.29 is 19.4 Å². The summed E-state index contributed by atoms with van der Waals surface area (Å²) in [5.41, 5.74) is 1.42. The molecule has 1 unspecified atom stereocenters. The van der Waals surface area contributed by atoms with Gasteiger partial charge in [0.05, 0.1) is 24.5 Å². The molecule has 1 fully saturated rings. The van der Waals surface area contributed by atoms with Crippen molar-refractivity contribution in [2.75, 3.05) is 46.1 Å². The Balaban J connectivity index is 0.00000243. The first kappa shape index (κ1) is 21.3. The zero-order chi connectivity index (χ0) is 17.6. The molecule has 2 aliphatic rings. The molecule has 1 N–H and O–H groups in total. The molecule has 1 atom stereocenters. The van der Waals surface area contributed by atoms with Crippen molar-refractivity contribution in [1.29, 1.82) is 0 Å². The fourth-order valence-corrected chi connectivity index (χ4v) is 3.07. The molecule has 2 heterocycles. The lowest BCUT2D eigenvalue weighted by molar-refractivity contribution is -0.0128. The van der Waals surface area contributed by atoms with Crippen LogP contribution in [0.25, 0.3) is 5.03 Å². The molecule has 0 radical (unpaired) electrons. The van der Waals surface area contributed by atoms with Crippen molar-refractivity contribution in [1.82, 2.24) is 4.90 Å². The average molecular weight is 424 g/mol. The minimum atomic E-state index is -0.609. The second-order valence-corrected chi connectivity index (χ2v) is 6.68. The molecule has 1 aromatic carbocycles. The predicted octanol–water partition coefficient (Wildman–Crippen LogP) is 2.80. The summed E-state index contributed by atoms with van der Waals surface area (Å²) in [7, 11) is 0. The highest BCUT2D eigenvalue weighted by molar-refractivity contribution is 6.51. The number of oxime groups is 1. The number of rotatable bonds is 6. The molecule has 26 heavy (non-hydrogen) atoms. The van der Waals surface area contributed by atoms with Gasteiger partial charge in [0, 0.05) is 35.8 Å². The van der Waals surface area contributed by atoms with Crippen LogP contribution in [0.15, 0.2) is 28.9 Å². The van der Waals surface area contributed by atoms with E-state index >= 15 is 0 Å². The van der Waals surface area contributed by atoms with Gasteiger partial charge in [-0.05, 0) is 18.2 Å². The molecule has 1 aromatic rings. The average Bonchev–Trinajstić information content (AvgIpc) is 2.62. The summed E-state index contributed by atoms with van der Waals surface area (Å²) in [5, 5.41) is 15.0. The van der Waals surface area contributed by atoms with Crippen LogP contribution in [0.2, 0.25) is 5.02 Å². The van der Waals surface area contributed by atoms with E-state index < -0.39 is 6.10 Å². The van der Waals surface area contributed by atoms with Crippen molar-refractivity contribution in [3.63, 3.8) is 0 Å². The maximum Gasteiger partial charge on any atom is 0.144 e. The molecule has 6 nitrogen and oxygen atoms in total. The van der Waals surface area contributed by atoms with Gasteiger partial charge in [-0.2, -0.15) is 0 Å². The van der Waals surface area contributed by atoms with Crippen LogP contribution < -0.4 is 4.74 Å². The van der Waals surface area contributed by atoms with E-state index in [1.165, 1.54) is 6.21 Å². The van der Waals surface area contributed by atoms with E-state index in [4.69, 9.17) is 37.5 Å². The van der Waals surface area contributed by atoms with E-state index in [2.05, 4.69) is 10.1 Å². The molecule has 0 amide bonds. The molecule has 0 bridgehead atoms. The molecular weight excluding hydrogens is 403 g/mol. The number of hydrogen-bond donors (Lipinski definition) is 1. The summed E-state index contributed by atoms with van der Waals surface area (Å²) >= 11 is 12.4. The lowest BCUT2D eigenvalue weighted by atomic mass is 10.1. The smallest absolute Gasteiger partial charge is 0.144 e. The van der Waals surface area contributed by atoms with Crippen molar-refractivity contribution >= 4 is 46.9 Å². The van der Waals surface area contributed by atoms with Crippen LogP contribution in [-0.2, 0) is 9.57 Å². The van der Waals surface area contributed by atoms with Gasteiger partial charge in [0.15, 0.2) is 0 Å². The lowest BCUT2D eigenvalue weighted by Crippen LogP contribution is -2.42. The molecule has 2 aliphatic heterocycles. The molecule has 0 saturated carbocycles. The van der Waals surface area contributed by atoms with Crippen molar-refractivity contribution in [3.05, 3.63) is 34.4 Å². The Bertz CT molecular complexity index is 663. The SMILES string of the molecule is Cl.OC(CO/N=C/C1=C(Cl)c2cc(Cl)ccc2OC1)CN1CCOCC1. The monoisotopic (exact) mass is 422 g/mol. The number of ether oxygens (including phenoxy) is 2. The van der Waals surface area contributed by atoms with Gasteiger partial charge in [-0.15, -0.1) is 12.4 Å². The largest absolute Gasteiger partial charge is 0.488 e. The summed E-state index contributed by atoms with van der Waals surface area (Å²) in [6, 6.07) is 5.29. The zero-order valence-corrected chi connectivity index (χ0v) is 16.4. The van der Waals surface area contributed by atoms with Crippen LogP contribution in [0.1, 0.15) is 5.56 Å². The molecule has 9 heteroatoms. The molecule has 0 aromatic heterocycles. The fraction of sp³-hybridized carbons (Fsp3) is 0.471. The minimum Gasteiger partial charge on any atom is -0.488 e. The second-order valence-electron chi connectivity index (χ2n) is 5.87. The number of nitrogens with zero attached hydrogens (tertiary/aromatic N) is 2. The molecular formula is C17H21Cl3N2O4. The van der Waals surface area contributed by atoms with E-state index in [9.17, 15) is 5.11 Å². The van der Waals surface area contributed by atoms with Crippen molar-refractivity contribution in [2.24, 2.45) is 5.16 Å². The quantitative estimate of drug-likeness (QED) is 0.563. The van der Waals surface area contributed by atoms with Gasteiger partial charge in [-0.25, -0.2) is 0 Å². The highest BCUT2D eigenvalue weighted by Crippen LogP contribution is 2.36. The third-order valence-corrected chi connectivity index (χ3v) is 4.65. The van der Waals surface area contributed by atoms with Gasteiger partial charge >= 0.3 is 0 Å². The van der Waals surface area contributed by atoms with Crippen LogP contribution in [0, 0.1) is 0 Å². The van der Waals surface area contributed by atoms with Crippen molar-refractivity contribution in [3.8, 4) is 5.75 Å². The first-order valence-corrected chi connectivity index (χ1v) is 8.84. The summed E-state index contributed by atoms with van der Waals surface area (Å²) in [4.78, 5) is 7.32. The Labute approximate surface area is 168 Å². The Morgan fingerprint density at radius 3 is 2.85 bits per heavy atom. The van der Waals surface area contributed by atoms with Gasteiger partial charge in [0.2, 0.25) is 0 Å². The number of benzene rings is 1.